The van der Waals surface area contributed by atoms with Crippen LogP contribution in [-0.4, -0.2) is 53.6 Å². The number of aromatic nitrogens is 2. The zero-order valence-corrected chi connectivity index (χ0v) is 15.4. The first-order valence-corrected chi connectivity index (χ1v) is 9.08. The van der Waals surface area contributed by atoms with Crippen LogP contribution in [0.5, 0.6) is 5.88 Å². The van der Waals surface area contributed by atoms with E-state index in [1.54, 1.807) is 12.4 Å². The molecule has 1 aliphatic heterocycles. The van der Waals surface area contributed by atoms with E-state index in [1.807, 2.05) is 11.9 Å². The molecule has 0 bridgehead atoms. The highest BCUT2D eigenvalue weighted by Crippen LogP contribution is 2.26. The Labute approximate surface area is 145 Å². The Hall–Kier alpha value is -1.85. The Bertz CT molecular complexity index is 534. The number of hydrogen-bond acceptors (Lipinski definition) is 5. The smallest absolute Gasteiger partial charge is 0.257 e. The fourth-order valence-electron chi connectivity index (χ4n) is 3.18. The minimum atomic E-state index is -0.00575. The summed E-state index contributed by atoms with van der Waals surface area (Å²) in [6, 6.07) is 0. The maximum absolute atomic E-state index is 12.5. The molecule has 1 saturated heterocycles. The summed E-state index contributed by atoms with van der Waals surface area (Å²) in [5.74, 6) is 1.72. The molecule has 6 heteroatoms. The lowest BCUT2D eigenvalue weighted by Gasteiger charge is -2.23. The van der Waals surface area contributed by atoms with Gasteiger partial charge in [-0.05, 0) is 19.3 Å². The molecule has 0 aromatic carbocycles. The van der Waals surface area contributed by atoms with Crippen molar-refractivity contribution in [1.82, 2.24) is 14.9 Å². The van der Waals surface area contributed by atoms with Crippen molar-refractivity contribution in [3.05, 3.63) is 12.4 Å². The van der Waals surface area contributed by atoms with Gasteiger partial charge in [-0.25, -0.2) is 9.97 Å². The normalized spacial score (nSPS) is 17.4. The van der Waals surface area contributed by atoms with Gasteiger partial charge < -0.3 is 14.5 Å². The Balaban J connectivity index is 2.00. The largest absolute Gasteiger partial charge is 0.470 e. The van der Waals surface area contributed by atoms with Crippen molar-refractivity contribution in [1.29, 1.82) is 0 Å². The van der Waals surface area contributed by atoms with E-state index in [9.17, 15) is 4.79 Å². The van der Waals surface area contributed by atoms with Crippen molar-refractivity contribution >= 4 is 11.7 Å². The van der Waals surface area contributed by atoms with E-state index in [4.69, 9.17) is 4.74 Å². The quantitative estimate of drug-likeness (QED) is 0.731. The van der Waals surface area contributed by atoms with Gasteiger partial charge in [0.1, 0.15) is 6.10 Å². The van der Waals surface area contributed by atoms with E-state index in [2.05, 4.69) is 35.6 Å². The number of hydrogen-bond donors (Lipinski definition) is 0. The standard InChI is InChI=1S/C18H30N4O2/c1-5-11-21(4)16-17(20-10-9-19-16)24-15-8-12-22(13-15)18(23)14(6-2)7-3/h9-10,14-15H,5-8,11-13H2,1-4H3. The monoisotopic (exact) mass is 334 g/mol. The SMILES string of the molecule is CCCN(C)c1nccnc1OC1CCN(C(=O)C(CC)CC)C1. The minimum absolute atomic E-state index is 0.00575. The molecule has 1 atom stereocenters. The average molecular weight is 334 g/mol. The van der Waals surface area contributed by atoms with E-state index in [1.165, 1.54) is 0 Å². The first kappa shape index (κ1) is 18.5. The maximum atomic E-state index is 12.5. The molecule has 1 aromatic rings. The molecule has 1 aromatic heterocycles. The van der Waals surface area contributed by atoms with Crippen molar-refractivity contribution in [2.75, 3.05) is 31.6 Å². The van der Waals surface area contributed by atoms with E-state index in [0.29, 0.717) is 12.4 Å². The number of carbonyl (C=O) groups is 1. The summed E-state index contributed by atoms with van der Waals surface area (Å²) < 4.78 is 6.09. The fourth-order valence-corrected chi connectivity index (χ4v) is 3.18. The lowest BCUT2D eigenvalue weighted by molar-refractivity contribution is -0.134. The highest BCUT2D eigenvalue weighted by atomic mass is 16.5. The van der Waals surface area contributed by atoms with Crippen molar-refractivity contribution < 1.29 is 9.53 Å². The summed E-state index contributed by atoms with van der Waals surface area (Å²) in [6.07, 6.45) is 7.01. The Morgan fingerprint density at radius 3 is 2.71 bits per heavy atom. The number of rotatable bonds is 8. The van der Waals surface area contributed by atoms with E-state index in [0.717, 1.165) is 44.6 Å². The van der Waals surface area contributed by atoms with Crippen LogP contribution < -0.4 is 9.64 Å². The molecule has 0 aliphatic carbocycles. The first-order valence-electron chi connectivity index (χ1n) is 9.08. The van der Waals surface area contributed by atoms with Crippen molar-refractivity contribution in [3.8, 4) is 5.88 Å². The number of likely N-dealkylation sites (tertiary alicyclic amines) is 1. The lowest BCUT2D eigenvalue weighted by Crippen LogP contribution is -2.35. The lowest BCUT2D eigenvalue weighted by atomic mass is 10.0. The zero-order chi connectivity index (χ0) is 17.5. The van der Waals surface area contributed by atoms with Gasteiger partial charge in [-0.3, -0.25) is 4.79 Å². The van der Waals surface area contributed by atoms with Gasteiger partial charge in [0.05, 0.1) is 6.54 Å². The number of ether oxygens (including phenoxy) is 1. The fraction of sp³-hybridized carbons (Fsp3) is 0.722. The summed E-state index contributed by atoms with van der Waals surface area (Å²) in [4.78, 5) is 25.3. The third-order valence-corrected chi connectivity index (χ3v) is 4.64. The Morgan fingerprint density at radius 2 is 2.04 bits per heavy atom. The summed E-state index contributed by atoms with van der Waals surface area (Å²) in [5, 5.41) is 0. The van der Waals surface area contributed by atoms with Crippen LogP contribution in [0.2, 0.25) is 0 Å². The molecular weight excluding hydrogens is 304 g/mol. The van der Waals surface area contributed by atoms with Gasteiger partial charge in [-0.2, -0.15) is 0 Å². The molecule has 0 saturated carbocycles. The zero-order valence-electron chi connectivity index (χ0n) is 15.4. The Morgan fingerprint density at radius 1 is 1.33 bits per heavy atom. The van der Waals surface area contributed by atoms with Crippen LogP contribution in [0, 0.1) is 5.92 Å². The maximum Gasteiger partial charge on any atom is 0.257 e. The second kappa shape index (κ2) is 8.85. The predicted octanol–water partition coefficient (Wildman–Crippen LogP) is 2.74. The summed E-state index contributed by atoms with van der Waals surface area (Å²) in [6.45, 7) is 8.59. The second-order valence-corrected chi connectivity index (χ2v) is 6.43. The summed E-state index contributed by atoms with van der Waals surface area (Å²) >= 11 is 0. The number of anilines is 1. The van der Waals surface area contributed by atoms with Crippen LogP contribution in [0.4, 0.5) is 5.82 Å². The molecule has 2 rings (SSSR count). The summed E-state index contributed by atoms with van der Waals surface area (Å²) in [5.41, 5.74) is 0. The summed E-state index contributed by atoms with van der Waals surface area (Å²) in [7, 11) is 2.00. The molecule has 1 amide bonds. The molecular formula is C18H30N4O2. The second-order valence-electron chi connectivity index (χ2n) is 6.43. The number of carbonyl (C=O) groups excluding carboxylic acids is 1. The third-order valence-electron chi connectivity index (χ3n) is 4.64. The van der Waals surface area contributed by atoms with Gasteiger partial charge in [0.15, 0.2) is 5.82 Å². The molecule has 1 fully saturated rings. The van der Waals surface area contributed by atoms with Crippen molar-refractivity contribution in [2.24, 2.45) is 5.92 Å². The average Bonchev–Trinajstić information content (AvgIpc) is 3.05. The topological polar surface area (TPSA) is 58.6 Å². The molecule has 0 radical (unpaired) electrons. The van der Waals surface area contributed by atoms with Crippen LogP contribution in [0.15, 0.2) is 12.4 Å². The molecule has 0 spiro atoms. The predicted molar refractivity (Wildman–Crippen MR) is 95.3 cm³/mol. The van der Waals surface area contributed by atoms with Crippen molar-refractivity contribution in [2.45, 2.75) is 52.6 Å². The molecule has 2 heterocycles. The first-order chi connectivity index (χ1) is 11.6. The molecule has 24 heavy (non-hydrogen) atoms. The molecule has 6 nitrogen and oxygen atoms in total. The van der Waals surface area contributed by atoms with Crippen LogP contribution in [0.3, 0.4) is 0 Å². The van der Waals surface area contributed by atoms with Gasteiger partial charge in [0, 0.05) is 44.9 Å². The molecule has 1 aliphatic rings. The van der Waals surface area contributed by atoms with E-state index < -0.39 is 0 Å². The van der Waals surface area contributed by atoms with Gasteiger partial charge in [0.2, 0.25) is 5.91 Å². The van der Waals surface area contributed by atoms with Gasteiger partial charge in [0.25, 0.3) is 5.88 Å². The van der Waals surface area contributed by atoms with E-state index >= 15 is 0 Å². The van der Waals surface area contributed by atoms with Gasteiger partial charge in [-0.1, -0.05) is 20.8 Å². The molecule has 1 unspecified atom stereocenters. The van der Waals surface area contributed by atoms with Gasteiger partial charge >= 0.3 is 0 Å². The van der Waals surface area contributed by atoms with Crippen LogP contribution in [0.1, 0.15) is 46.5 Å². The number of amides is 1. The van der Waals surface area contributed by atoms with E-state index in [-0.39, 0.29) is 17.9 Å². The van der Waals surface area contributed by atoms with Crippen LogP contribution in [-0.2, 0) is 4.79 Å². The van der Waals surface area contributed by atoms with Crippen LogP contribution in [0.25, 0.3) is 0 Å². The highest BCUT2D eigenvalue weighted by molar-refractivity contribution is 5.79. The van der Waals surface area contributed by atoms with Crippen molar-refractivity contribution in [3.63, 3.8) is 0 Å². The minimum Gasteiger partial charge on any atom is -0.470 e. The highest BCUT2D eigenvalue weighted by Gasteiger charge is 2.31. The Kier molecular flexibility index (Phi) is 6.82. The molecule has 134 valence electrons. The van der Waals surface area contributed by atoms with Crippen LogP contribution >= 0.6 is 0 Å². The molecule has 0 N–H and O–H groups in total. The third kappa shape index (κ3) is 4.36. The number of nitrogens with zero attached hydrogens (tertiary/aromatic N) is 4. The van der Waals surface area contributed by atoms with Gasteiger partial charge in [-0.15, -0.1) is 0 Å².